The van der Waals surface area contributed by atoms with Crippen LogP contribution in [0.5, 0.6) is 0 Å². The standard InChI is InChI=1S/C24H31N3O8/c25-17(14-15-6-2-1-3-7-15)22(31)27-20(24(33,34)35)12-11-19(28)23(32)26-18-9-5-4-8-16(18)10-13-21(29)30/h1-9,17,19-20,28,33-35H,10-14,25H2,(H,26,32)(H,27,31)(H,29,30)/t17-,19?,20?/m0/s1. The third kappa shape index (κ3) is 9.43. The van der Waals surface area contributed by atoms with Crippen LogP contribution in [0.4, 0.5) is 5.69 Å². The molecule has 0 aliphatic heterocycles. The van der Waals surface area contributed by atoms with Gasteiger partial charge in [-0.1, -0.05) is 48.5 Å². The van der Waals surface area contributed by atoms with E-state index in [1.807, 2.05) is 0 Å². The van der Waals surface area contributed by atoms with Gasteiger partial charge < -0.3 is 41.9 Å². The van der Waals surface area contributed by atoms with Gasteiger partial charge in [-0.3, -0.25) is 14.4 Å². The molecule has 2 aromatic carbocycles. The van der Waals surface area contributed by atoms with Crippen LogP contribution in [0.15, 0.2) is 54.6 Å². The average Bonchev–Trinajstić information content (AvgIpc) is 2.80. The van der Waals surface area contributed by atoms with Crippen LogP contribution in [0.25, 0.3) is 0 Å². The molecule has 0 saturated heterocycles. The number of para-hydroxylation sites is 1. The summed E-state index contributed by atoms with van der Waals surface area (Å²) in [5.74, 6) is -5.89. The van der Waals surface area contributed by atoms with Crippen molar-refractivity contribution in [2.45, 2.75) is 56.3 Å². The number of aliphatic hydroxyl groups excluding tert-OH is 1. The molecule has 3 atom stereocenters. The SMILES string of the molecule is N[C@@H](Cc1ccccc1)C(=O)NC(CCC(O)C(=O)Nc1ccccc1CCC(=O)O)C(O)(O)O. The van der Waals surface area contributed by atoms with Gasteiger partial charge in [0.2, 0.25) is 5.91 Å². The number of anilines is 1. The van der Waals surface area contributed by atoms with Crippen LogP contribution < -0.4 is 16.4 Å². The minimum absolute atomic E-state index is 0.144. The molecule has 0 aliphatic rings. The number of nitrogens with one attached hydrogen (secondary N) is 2. The highest BCUT2D eigenvalue weighted by Crippen LogP contribution is 2.18. The maximum atomic E-state index is 12.4. The Morgan fingerprint density at radius 1 is 0.914 bits per heavy atom. The predicted octanol–water partition coefficient (Wildman–Crippen LogP) is -0.531. The quantitative estimate of drug-likeness (QED) is 0.170. The fourth-order valence-electron chi connectivity index (χ4n) is 3.38. The molecule has 9 N–H and O–H groups in total. The number of nitrogens with two attached hydrogens (primary N) is 1. The van der Waals surface area contributed by atoms with Gasteiger partial charge in [0.15, 0.2) is 0 Å². The van der Waals surface area contributed by atoms with Gasteiger partial charge in [0.25, 0.3) is 11.9 Å². The number of benzene rings is 2. The molecule has 0 radical (unpaired) electrons. The summed E-state index contributed by atoms with van der Waals surface area (Å²) in [7, 11) is 0. The van der Waals surface area contributed by atoms with Crippen molar-refractivity contribution in [3.8, 4) is 0 Å². The molecular formula is C24H31N3O8. The lowest BCUT2D eigenvalue weighted by Crippen LogP contribution is -2.56. The zero-order valence-corrected chi connectivity index (χ0v) is 19.0. The molecule has 0 spiro atoms. The van der Waals surface area contributed by atoms with Gasteiger partial charge >= 0.3 is 5.97 Å². The first kappa shape index (κ1) is 27.9. The van der Waals surface area contributed by atoms with E-state index in [1.54, 1.807) is 54.6 Å². The van der Waals surface area contributed by atoms with E-state index in [4.69, 9.17) is 10.8 Å². The number of carbonyl (C=O) groups excluding carboxylic acids is 2. The first-order valence-corrected chi connectivity index (χ1v) is 11.0. The van der Waals surface area contributed by atoms with Gasteiger partial charge in [-0.2, -0.15) is 0 Å². The van der Waals surface area contributed by atoms with Crippen molar-refractivity contribution < 1.29 is 39.9 Å². The number of hydrogen-bond donors (Lipinski definition) is 8. The Morgan fingerprint density at radius 2 is 1.54 bits per heavy atom. The van der Waals surface area contributed by atoms with E-state index in [0.29, 0.717) is 11.3 Å². The molecular weight excluding hydrogens is 458 g/mol. The highest BCUT2D eigenvalue weighted by atomic mass is 16.7. The van der Waals surface area contributed by atoms with E-state index in [0.717, 1.165) is 5.56 Å². The highest BCUT2D eigenvalue weighted by Gasteiger charge is 2.35. The minimum atomic E-state index is -3.32. The molecule has 0 fully saturated rings. The van der Waals surface area contributed by atoms with Crippen LogP contribution >= 0.6 is 0 Å². The second-order valence-corrected chi connectivity index (χ2v) is 8.18. The Kier molecular flexibility index (Phi) is 10.3. The van der Waals surface area contributed by atoms with E-state index in [9.17, 15) is 34.8 Å². The number of carboxylic acid groups (broad SMARTS) is 1. The molecule has 2 rings (SSSR count). The van der Waals surface area contributed by atoms with Gasteiger partial charge in [0.1, 0.15) is 12.1 Å². The van der Waals surface area contributed by atoms with Crippen LogP contribution in [0.1, 0.15) is 30.4 Å². The van der Waals surface area contributed by atoms with Crippen LogP contribution in [0.3, 0.4) is 0 Å². The Hall–Kier alpha value is -3.35. The van der Waals surface area contributed by atoms with Gasteiger partial charge in [-0.05, 0) is 42.9 Å². The Balaban J connectivity index is 1.95. The lowest BCUT2D eigenvalue weighted by atomic mass is 10.0. The van der Waals surface area contributed by atoms with E-state index in [2.05, 4.69) is 10.6 Å². The number of amides is 2. The third-order valence-electron chi connectivity index (χ3n) is 5.33. The molecule has 0 bridgehead atoms. The smallest absolute Gasteiger partial charge is 0.303 e. The Bertz CT molecular complexity index is 994. The lowest BCUT2D eigenvalue weighted by Gasteiger charge is -2.28. The molecule has 2 amide bonds. The van der Waals surface area contributed by atoms with Gasteiger partial charge in [0, 0.05) is 12.1 Å². The lowest BCUT2D eigenvalue weighted by molar-refractivity contribution is -0.327. The van der Waals surface area contributed by atoms with Crippen molar-refractivity contribution in [3.63, 3.8) is 0 Å². The predicted molar refractivity (Wildman–Crippen MR) is 126 cm³/mol. The number of carbonyl (C=O) groups is 3. The van der Waals surface area contributed by atoms with Crippen molar-refractivity contribution >= 4 is 23.5 Å². The van der Waals surface area contributed by atoms with Crippen LogP contribution in [-0.4, -0.2) is 67.5 Å². The first-order chi connectivity index (χ1) is 16.5. The second-order valence-electron chi connectivity index (χ2n) is 8.18. The normalized spacial score (nSPS) is 14.0. The molecule has 190 valence electrons. The zero-order valence-electron chi connectivity index (χ0n) is 19.0. The van der Waals surface area contributed by atoms with Gasteiger partial charge in [-0.25, -0.2) is 0 Å². The minimum Gasteiger partial charge on any atom is -0.481 e. The Morgan fingerprint density at radius 3 is 2.17 bits per heavy atom. The molecule has 11 heteroatoms. The summed E-state index contributed by atoms with van der Waals surface area (Å²) in [6, 6.07) is 12.7. The fraction of sp³-hybridized carbons (Fsp3) is 0.375. The summed E-state index contributed by atoms with van der Waals surface area (Å²) in [6.07, 6.45) is -2.15. The van der Waals surface area contributed by atoms with Crippen molar-refractivity contribution in [1.29, 1.82) is 0 Å². The summed E-state index contributed by atoms with van der Waals surface area (Å²) in [6.45, 7) is 0. The topological polar surface area (TPSA) is 202 Å². The summed E-state index contributed by atoms with van der Waals surface area (Å²) < 4.78 is 0. The van der Waals surface area contributed by atoms with Gasteiger partial charge in [-0.15, -0.1) is 0 Å². The number of aliphatic carboxylic acids is 1. The highest BCUT2D eigenvalue weighted by molar-refractivity contribution is 5.94. The molecule has 0 heterocycles. The van der Waals surface area contributed by atoms with Crippen LogP contribution in [0, 0.1) is 0 Å². The molecule has 35 heavy (non-hydrogen) atoms. The Labute approximate surface area is 202 Å². The maximum absolute atomic E-state index is 12.4. The van der Waals surface area contributed by atoms with Crippen molar-refractivity contribution in [3.05, 3.63) is 65.7 Å². The summed E-state index contributed by atoms with van der Waals surface area (Å²) in [5, 5.41) is 52.8. The molecule has 2 unspecified atom stereocenters. The molecule has 11 nitrogen and oxygen atoms in total. The largest absolute Gasteiger partial charge is 0.481 e. The number of rotatable bonds is 13. The molecule has 0 aromatic heterocycles. The third-order valence-corrected chi connectivity index (χ3v) is 5.33. The maximum Gasteiger partial charge on any atom is 0.303 e. The molecule has 0 aliphatic carbocycles. The monoisotopic (exact) mass is 489 g/mol. The van der Waals surface area contributed by atoms with E-state index < -0.39 is 41.9 Å². The van der Waals surface area contributed by atoms with Crippen molar-refractivity contribution in [2.75, 3.05) is 5.32 Å². The summed E-state index contributed by atoms with van der Waals surface area (Å²) >= 11 is 0. The van der Waals surface area contributed by atoms with Crippen LogP contribution in [-0.2, 0) is 27.2 Å². The van der Waals surface area contributed by atoms with Gasteiger partial charge in [0.05, 0.1) is 6.04 Å². The van der Waals surface area contributed by atoms with E-state index in [-0.39, 0.29) is 32.1 Å². The van der Waals surface area contributed by atoms with Crippen molar-refractivity contribution in [1.82, 2.24) is 5.32 Å². The summed E-state index contributed by atoms with van der Waals surface area (Å²) in [4.78, 5) is 35.7. The number of carboxylic acids is 1. The average molecular weight is 490 g/mol. The number of aliphatic hydroxyl groups is 4. The summed E-state index contributed by atoms with van der Waals surface area (Å²) in [5.41, 5.74) is 7.56. The second kappa shape index (κ2) is 12.9. The fourth-order valence-corrected chi connectivity index (χ4v) is 3.38. The van der Waals surface area contributed by atoms with E-state index in [1.165, 1.54) is 0 Å². The molecule has 0 saturated carbocycles. The van der Waals surface area contributed by atoms with Crippen molar-refractivity contribution in [2.24, 2.45) is 5.73 Å². The molecule has 2 aromatic rings. The number of hydrogen-bond acceptors (Lipinski definition) is 8. The first-order valence-electron chi connectivity index (χ1n) is 11.0. The number of aryl methyl sites for hydroxylation is 1. The van der Waals surface area contributed by atoms with Crippen LogP contribution in [0.2, 0.25) is 0 Å². The zero-order chi connectivity index (χ0) is 26.0. The van der Waals surface area contributed by atoms with E-state index >= 15 is 0 Å².